The summed E-state index contributed by atoms with van der Waals surface area (Å²) in [5.41, 5.74) is 0.976. The van der Waals surface area contributed by atoms with Gasteiger partial charge in [-0.3, -0.25) is 5.32 Å². The number of carbonyl (C=O) groups is 1. The van der Waals surface area contributed by atoms with E-state index in [1.54, 1.807) is 0 Å². The molecule has 2 amide bonds. The van der Waals surface area contributed by atoms with Gasteiger partial charge in [0.1, 0.15) is 0 Å². The highest BCUT2D eigenvalue weighted by molar-refractivity contribution is 7.15. The first-order valence-corrected chi connectivity index (χ1v) is 5.94. The molecular formula is C10H17N3OS. The number of nitrogens with zero attached hydrogens (tertiary/aromatic N) is 1. The molecule has 4 nitrogen and oxygen atoms in total. The predicted octanol–water partition coefficient (Wildman–Crippen LogP) is 2.68. The number of thiazole rings is 1. The number of amides is 2. The van der Waals surface area contributed by atoms with Crippen LogP contribution in [0.5, 0.6) is 0 Å². The summed E-state index contributed by atoms with van der Waals surface area (Å²) in [6, 6.07) is -0.169. The van der Waals surface area contributed by atoms with E-state index in [1.807, 2.05) is 13.8 Å². The van der Waals surface area contributed by atoms with Gasteiger partial charge in [-0.1, -0.05) is 13.3 Å². The third kappa shape index (κ3) is 3.87. The molecule has 2 N–H and O–H groups in total. The summed E-state index contributed by atoms with van der Waals surface area (Å²) in [5, 5.41) is 6.16. The molecule has 84 valence electrons. The summed E-state index contributed by atoms with van der Waals surface area (Å²) in [6.45, 7) is 6.73. The lowest BCUT2D eigenvalue weighted by Gasteiger charge is -2.03. The van der Waals surface area contributed by atoms with E-state index in [2.05, 4.69) is 22.5 Å². The molecule has 1 rings (SSSR count). The van der Waals surface area contributed by atoms with Crippen molar-refractivity contribution in [2.75, 3.05) is 11.9 Å². The molecular weight excluding hydrogens is 210 g/mol. The summed E-state index contributed by atoms with van der Waals surface area (Å²) in [7, 11) is 0. The maximum Gasteiger partial charge on any atom is 0.321 e. The monoisotopic (exact) mass is 227 g/mol. The van der Waals surface area contributed by atoms with E-state index in [4.69, 9.17) is 0 Å². The largest absolute Gasteiger partial charge is 0.338 e. The smallest absolute Gasteiger partial charge is 0.321 e. The van der Waals surface area contributed by atoms with Gasteiger partial charge in [-0.15, -0.1) is 11.3 Å². The Morgan fingerprint density at radius 3 is 2.73 bits per heavy atom. The van der Waals surface area contributed by atoms with Crippen LogP contribution in [0.2, 0.25) is 0 Å². The number of hydrogen-bond acceptors (Lipinski definition) is 3. The first-order valence-electron chi connectivity index (χ1n) is 5.12. The minimum absolute atomic E-state index is 0.169. The van der Waals surface area contributed by atoms with Crippen molar-refractivity contribution >= 4 is 22.5 Å². The molecule has 0 atom stereocenters. The normalized spacial score (nSPS) is 10.1. The van der Waals surface area contributed by atoms with E-state index in [0.717, 1.165) is 23.4 Å². The lowest BCUT2D eigenvalue weighted by atomic mass is 10.3. The molecule has 0 aromatic carbocycles. The zero-order chi connectivity index (χ0) is 11.3. The van der Waals surface area contributed by atoms with Crippen LogP contribution in [0.25, 0.3) is 0 Å². The fraction of sp³-hybridized carbons (Fsp3) is 0.600. The van der Waals surface area contributed by atoms with Crippen molar-refractivity contribution in [1.82, 2.24) is 10.3 Å². The molecule has 5 heteroatoms. The number of unbranched alkanes of at least 4 members (excludes halogenated alkanes) is 1. The van der Waals surface area contributed by atoms with Crippen LogP contribution in [0.3, 0.4) is 0 Å². The first kappa shape index (κ1) is 12.0. The Labute approximate surface area is 94.1 Å². The second-order valence-electron chi connectivity index (χ2n) is 3.40. The molecule has 0 saturated carbocycles. The van der Waals surface area contributed by atoms with Gasteiger partial charge in [0.15, 0.2) is 5.13 Å². The molecule has 0 fully saturated rings. The molecule has 0 radical (unpaired) electrons. The average Bonchev–Trinajstić information content (AvgIpc) is 2.46. The van der Waals surface area contributed by atoms with Crippen molar-refractivity contribution in [1.29, 1.82) is 0 Å². The third-order valence-electron chi connectivity index (χ3n) is 2.06. The lowest BCUT2D eigenvalue weighted by Crippen LogP contribution is -2.29. The number of aromatic nitrogens is 1. The molecule has 0 bridgehead atoms. The number of rotatable bonds is 4. The van der Waals surface area contributed by atoms with E-state index in [1.165, 1.54) is 11.3 Å². The van der Waals surface area contributed by atoms with Crippen LogP contribution in [0.15, 0.2) is 0 Å². The highest BCUT2D eigenvalue weighted by Gasteiger charge is 2.06. The molecule has 0 aliphatic rings. The highest BCUT2D eigenvalue weighted by atomic mass is 32.1. The Morgan fingerprint density at radius 1 is 1.47 bits per heavy atom. The summed E-state index contributed by atoms with van der Waals surface area (Å²) in [6.07, 6.45) is 2.08. The second kappa shape index (κ2) is 5.70. The number of anilines is 1. The van der Waals surface area contributed by atoms with Crippen molar-refractivity contribution in [3.8, 4) is 0 Å². The SMILES string of the molecule is CCCCNC(=O)Nc1nc(C)c(C)s1. The molecule has 0 saturated heterocycles. The maximum absolute atomic E-state index is 11.4. The van der Waals surface area contributed by atoms with Crippen molar-refractivity contribution < 1.29 is 4.79 Å². The third-order valence-corrected chi connectivity index (χ3v) is 3.05. The summed E-state index contributed by atoms with van der Waals surface area (Å²) in [5.74, 6) is 0. The average molecular weight is 227 g/mol. The second-order valence-corrected chi connectivity index (χ2v) is 4.60. The zero-order valence-corrected chi connectivity index (χ0v) is 10.2. The van der Waals surface area contributed by atoms with Crippen LogP contribution >= 0.6 is 11.3 Å². The number of nitrogens with one attached hydrogen (secondary N) is 2. The lowest BCUT2D eigenvalue weighted by molar-refractivity contribution is 0.252. The van der Waals surface area contributed by atoms with Crippen LogP contribution in [0, 0.1) is 13.8 Å². The van der Waals surface area contributed by atoms with Gasteiger partial charge >= 0.3 is 6.03 Å². The molecule has 0 aliphatic heterocycles. The number of hydrogen-bond donors (Lipinski definition) is 2. The topological polar surface area (TPSA) is 54.0 Å². The van der Waals surface area contributed by atoms with E-state index in [-0.39, 0.29) is 6.03 Å². The Hall–Kier alpha value is -1.10. The van der Waals surface area contributed by atoms with Gasteiger partial charge in [0.25, 0.3) is 0 Å². The number of urea groups is 1. The fourth-order valence-electron chi connectivity index (χ4n) is 1.05. The minimum Gasteiger partial charge on any atom is -0.338 e. The zero-order valence-electron chi connectivity index (χ0n) is 9.39. The Morgan fingerprint density at radius 2 is 2.20 bits per heavy atom. The minimum atomic E-state index is -0.169. The molecule has 0 unspecified atom stereocenters. The van der Waals surface area contributed by atoms with Gasteiger partial charge in [0.05, 0.1) is 5.69 Å². The van der Waals surface area contributed by atoms with Crippen LogP contribution in [0.4, 0.5) is 9.93 Å². The van der Waals surface area contributed by atoms with Gasteiger partial charge in [-0.25, -0.2) is 9.78 Å². The van der Waals surface area contributed by atoms with Gasteiger partial charge < -0.3 is 5.32 Å². The Bertz CT molecular complexity index is 316. The molecule has 15 heavy (non-hydrogen) atoms. The van der Waals surface area contributed by atoms with Crippen molar-refractivity contribution in [3.05, 3.63) is 10.6 Å². The van der Waals surface area contributed by atoms with Crippen LogP contribution in [0.1, 0.15) is 30.3 Å². The molecule has 0 aliphatic carbocycles. The van der Waals surface area contributed by atoms with Crippen molar-refractivity contribution in [2.45, 2.75) is 33.6 Å². The number of aryl methyl sites for hydroxylation is 2. The van der Waals surface area contributed by atoms with E-state index in [9.17, 15) is 4.79 Å². The van der Waals surface area contributed by atoms with E-state index >= 15 is 0 Å². The van der Waals surface area contributed by atoms with Gasteiger partial charge in [-0.2, -0.15) is 0 Å². The maximum atomic E-state index is 11.4. The molecule has 0 spiro atoms. The van der Waals surface area contributed by atoms with Crippen LogP contribution in [-0.2, 0) is 0 Å². The van der Waals surface area contributed by atoms with E-state index in [0.29, 0.717) is 11.7 Å². The van der Waals surface area contributed by atoms with Crippen molar-refractivity contribution in [2.24, 2.45) is 0 Å². The Balaban J connectivity index is 2.37. The molecule has 1 aromatic rings. The van der Waals surface area contributed by atoms with Gasteiger partial charge in [0, 0.05) is 11.4 Å². The fourth-order valence-corrected chi connectivity index (χ4v) is 1.86. The first-order chi connectivity index (χ1) is 7.13. The van der Waals surface area contributed by atoms with E-state index < -0.39 is 0 Å². The Kier molecular flexibility index (Phi) is 4.55. The molecule has 1 heterocycles. The summed E-state index contributed by atoms with van der Waals surface area (Å²) >= 11 is 1.50. The quantitative estimate of drug-likeness (QED) is 0.777. The number of carbonyl (C=O) groups excluding carboxylic acids is 1. The predicted molar refractivity (Wildman–Crippen MR) is 63.5 cm³/mol. The van der Waals surface area contributed by atoms with Gasteiger partial charge in [-0.05, 0) is 20.3 Å². The standard InChI is InChI=1S/C10H17N3OS/c1-4-5-6-11-9(14)13-10-12-7(2)8(3)15-10/h4-6H2,1-3H3,(H2,11,12,13,14). The van der Waals surface area contributed by atoms with Crippen LogP contribution < -0.4 is 10.6 Å². The van der Waals surface area contributed by atoms with Gasteiger partial charge in [0.2, 0.25) is 0 Å². The highest BCUT2D eigenvalue weighted by Crippen LogP contribution is 2.20. The van der Waals surface area contributed by atoms with Crippen LogP contribution in [-0.4, -0.2) is 17.6 Å². The summed E-state index contributed by atoms with van der Waals surface area (Å²) < 4.78 is 0. The molecule has 1 aromatic heterocycles. The van der Waals surface area contributed by atoms with Crippen molar-refractivity contribution in [3.63, 3.8) is 0 Å². The summed E-state index contributed by atoms with van der Waals surface area (Å²) in [4.78, 5) is 16.7.